The first kappa shape index (κ1) is 35.9. The molecule has 0 bridgehead atoms. The van der Waals surface area contributed by atoms with Crippen molar-refractivity contribution in [1.82, 2.24) is 19.5 Å². The summed E-state index contributed by atoms with van der Waals surface area (Å²) < 4.78 is 24.9. The number of nitrogens with two attached hydrogens (primary N) is 1. The molecule has 0 fully saturated rings. The Kier molecular flexibility index (Phi) is 17.4. The standard InChI is InChI=1S/C29H52N5O4PS2/c1-5-41(3,4)21-17-15-13-11-9-7-6-8-10-12-14-16-19-40-20-18-38-39(35,36)25-37-26(2)22-34-24-33-27-28(30)31-23-32-29(27)34/h23-24,26H,5-16,18-20,22,25H2,1-4H3,(H,35,36)(H2,30,31,32)/t26-/m1/s1. The van der Waals surface area contributed by atoms with Gasteiger partial charge in [-0.1, -0.05) is 69.5 Å². The van der Waals surface area contributed by atoms with Crippen LogP contribution in [0, 0.1) is 11.2 Å². The van der Waals surface area contributed by atoms with Crippen molar-refractivity contribution in [2.45, 2.75) is 97.1 Å². The van der Waals surface area contributed by atoms with Gasteiger partial charge in [-0.3, -0.25) is 4.57 Å². The van der Waals surface area contributed by atoms with Gasteiger partial charge < -0.3 is 24.5 Å². The fourth-order valence-corrected chi connectivity index (χ4v) is 6.58. The lowest BCUT2D eigenvalue weighted by atomic mass is 10.1. The molecule has 2 rings (SSSR count). The number of hydrogen-bond donors (Lipinski definition) is 2. The average Bonchev–Trinajstić information content (AvgIpc) is 3.35. The minimum Gasteiger partial charge on any atom is -0.382 e. The first-order chi connectivity index (χ1) is 19.6. The smallest absolute Gasteiger partial charge is 0.353 e. The molecule has 0 aromatic carbocycles. The van der Waals surface area contributed by atoms with E-state index in [1.54, 1.807) is 22.7 Å². The molecular weight excluding hydrogens is 577 g/mol. The fourth-order valence-electron chi connectivity index (χ4n) is 4.11. The van der Waals surface area contributed by atoms with Crippen LogP contribution in [0.3, 0.4) is 0 Å². The van der Waals surface area contributed by atoms with Crippen molar-refractivity contribution in [3.63, 3.8) is 0 Å². The van der Waals surface area contributed by atoms with E-state index in [0.29, 0.717) is 29.3 Å². The van der Waals surface area contributed by atoms with Crippen LogP contribution < -0.4 is 5.73 Å². The van der Waals surface area contributed by atoms with Crippen LogP contribution in [0.15, 0.2) is 12.7 Å². The Morgan fingerprint density at radius 3 is 2.39 bits per heavy atom. The van der Waals surface area contributed by atoms with Gasteiger partial charge in [0.05, 0.1) is 25.6 Å². The van der Waals surface area contributed by atoms with Crippen molar-refractivity contribution in [2.24, 2.45) is 0 Å². The number of rotatable bonds is 22. The van der Waals surface area contributed by atoms with Crippen molar-refractivity contribution in [3.05, 3.63) is 12.7 Å². The van der Waals surface area contributed by atoms with Crippen LogP contribution in [0.4, 0.5) is 5.82 Å². The van der Waals surface area contributed by atoms with Crippen LogP contribution in [0.1, 0.15) is 84.5 Å². The minimum absolute atomic E-state index is 0.239. The third kappa shape index (κ3) is 15.7. The quantitative estimate of drug-likeness (QED) is 0.0801. The van der Waals surface area contributed by atoms with Crippen LogP contribution in [0.2, 0.25) is 0 Å². The highest BCUT2D eigenvalue weighted by Crippen LogP contribution is 2.42. The van der Waals surface area contributed by atoms with Crippen LogP contribution in [-0.2, 0) is 20.4 Å². The summed E-state index contributed by atoms with van der Waals surface area (Å²) in [5, 5.41) is 3.47. The zero-order chi connectivity index (χ0) is 30.0. The van der Waals surface area contributed by atoms with Crippen LogP contribution in [0.5, 0.6) is 0 Å². The molecule has 2 atom stereocenters. The maximum absolute atomic E-state index is 12.3. The molecule has 3 N–H and O–H groups in total. The number of nitrogen functional groups attached to an aromatic ring is 1. The van der Waals surface area contributed by atoms with E-state index in [4.69, 9.17) is 15.0 Å². The molecular formula is C29H52N5O4PS2. The molecule has 2 heterocycles. The Bertz CT molecular complexity index is 1120. The molecule has 9 nitrogen and oxygen atoms in total. The minimum atomic E-state index is -3.80. The zero-order valence-electron chi connectivity index (χ0n) is 25.6. The number of nitrogens with zero attached hydrogens (tertiary/aromatic N) is 4. The lowest BCUT2D eigenvalue weighted by molar-refractivity contribution is 0.0724. The summed E-state index contributed by atoms with van der Waals surface area (Å²) in [7, 11) is -4.46. The van der Waals surface area contributed by atoms with Crippen LogP contribution >= 0.6 is 29.4 Å². The molecule has 12 heteroatoms. The van der Waals surface area contributed by atoms with E-state index in [2.05, 4.69) is 45.6 Å². The second-order valence-electron chi connectivity index (χ2n) is 10.9. The average molecular weight is 630 g/mol. The Labute approximate surface area is 253 Å². The molecule has 0 spiro atoms. The van der Waals surface area contributed by atoms with E-state index >= 15 is 0 Å². The van der Waals surface area contributed by atoms with Crippen molar-refractivity contribution in [1.29, 1.82) is 0 Å². The van der Waals surface area contributed by atoms with E-state index in [1.807, 2.05) is 6.92 Å². The molecule has 41 heavy (non-hydrogen) atoms. The molecule has 0 aliphatic heterocycles. The summed E-state index contributed by atoms with van der Waals surface area (Å²) in [4.78, 5) is 22.4. The van der Waals surface area contributed by atoms with E-state index < -0.39 is 17.6 Å². The van der Waals surface area contributed by atoms with Gasteiger partial charge in [0.1, 0.15) is 18.2 Å². The van der Waals surface area contributed by atoms with Gasteiger partial charge in [-0.2, -0.15) is 21.8 Å². The molecule has 0 aliphatic carbocycles. The predicted octanol–water partition coefficient (Wildman–Crippen LogP) is 7.04. The molecule has 2 aromatic rings. The van der Waals surface area contributed by atoms with Gasteiger partial charge >= 0.3 is 7.60 Å². The summed E-state index contributed by atoms with van der Waals surface area (Å²) in [6.45, 7) is 4.71. The van der Waals surface area contributed by atoms with Gasteiger partial charge in [0.25, 0.3) is 0 Å². The topological polar surface area (TPSA) is 125 Å². The SMILES string of the molecule is CCS(C)(C)C#CCCCCCCCCCCCCSCCOP(=O)(O)CO[C@H](C)Cn1cnc2c(N)ncnc21. The monoisotopic (exact) mass is 629 g/mol. The lowest BCUT2D eigenvalue weighted by Gasteiger charge is -2.20. The third-order valence-electron chi connectivity index (χ3n) is 6.84. The lowest BCUT2D eigenvalue weighted by Crippen LogP contribution is -2.17. The van der Waals surface area contributed by atoms with Gasteiger partial charge in [-0.25, -0.2) is 15.0 Å². The maximum Gasteiger partial charge on any atom is 0.353 e. The number of ether oxygens (including phenoxy) is 1. The fraction of sp³-hybridized carbons (Fsp3) is 0.759. The predicted molar refractivity (Wildman–Crippen MR) is 177 cm³/mol. The summed E-state index contributed by atoms with van der Waals surface area (Å²) in [6, 6.07) is 0. The molecule has 0 aliphatic rings. The van der Waals surface area contributed by atoms with E-state index in [1.165, 1.54) is 76.3 Å². The number of anilines is 1. The van der Waals surface area contributed by atoms with Gasteiger partial charge in [0.15, 0.2) is 11.5 Å². The number of imidazole rings is 1. The molecule has 0 radical (unpaired) electrons. The van der Waals surface area contributed by atoms with Crippen molar-refractivity contribution in [2.75, 3.05) is 48.5 Å². The highest BCUT2D eigenvalue weighted by Gasteiger charge is 2.21. The number of aromatic nitrogens is 4. The second-order valence-corrected chi connectivity index (χ2v) is 17.8. The molecule has 0 amide bonds. The zero-order valence-corrected chi connectivity index (χ0v) is 28.1. The number of hydrogen-bond acceptors (Lipinski definition) is 8. The Balaban J connectivity index is 1.39. The Morgan fingerprint density at radius 1 is 1.05 bits per heavy atom. The van der Waals surface area contributed by atoms with Gasteiger partial charge in [0.2, 0.25) is 0 Å². The number of unbranched alkanes of at least 4 members (excludes halogenated alkanes) is 10. The van der Waals surface area contributed by atoms with Crippen LogP contribution in [-0.4, -0.2) is 73.2 Å². The molecule has 1 unspecified atom stereocenters. The third-order valence-corrected chi connectivity index (χ3v) is 11.1. The maximum atomic E-state index is 12.3. The highest BCUT2D eigenvalue weighted by molar-refractivity contribution is 8.36. The van der Waals surface area contributed by atoms with Crippen molar-refractivity contribution in [3.8, 4) is 11.2 Å². The van der Waals surface area contributed by atoms with Gasteiger partial charge in [-0.15, -0.1) is 0 Å². The van der Waals surface area contributed by atoms with E-state index in [0.717, 1.165) is 12.2 Å². The van der Waals surface area contributed by atoms with E-state index in [-0.39, 0.29) is 19.1 Å². The van der Waals surface area contributed by atoms with Crippen molar-refractivity contribution >= 4 is 46.4 Å². The summed E-state index contributed by atoms with van der Waals surface area (Å²) in [5.74, 6) is 6.66. The van der Waals surface area contributed by atoms with Crippen LogP contribution in [0.25, 0.3) is 11.2 Å². The normalized spacial score (nSPS) is 14.5. The number of fused-ring (bicyclic) bond motifs is 1. The Morgan fingerprint density at radius 2 is 1.71 bits per heavy atom. The first-order valence-electron chi connectivity index (χ1n) is 14.9. The summed E-state index contributed by atoms with van der Waals surface area (Å²) in [5.41, 5.74) is 6.94. The van der Waals surface area contributed by atoms with Gasteiger partial charge in [0, 0.05) is 12.2 Å². The van der Waals surface area contributed by atoms with E-state index in [9.17, 15) is 9.46 Å². The second kappa shape index (κ2) is 19.8. The number of thioether (sulfide) groups is 1. The largest absolute Gasteiger partial charge is 0.382 e. The molecule has 234 valence electrons. The molecule has 0 saturated carbocycles. The molecule has 0 saturated heterocycles. The highest BCUT2D eigenvalue weighted by atomic mass is 32.3. The first-order valence-corrected chi connectivity index (χ1v) is 20.4. The van der Waals surface area contributed by atoms with Gasteiger partial charge in [-0.05, 0) is 43.8 Å². The summed E-state index contributed by atoms with van der Waals surface area (Å²) >= 11 is 1.77. The Hall–Kier alpha value is -1.28. The molecule has 2 aromatic heterocycles. The van der Waals surface area contributed by atoms with Crippen molar-refractivity contribution < 1.29 is 18.7 Å². The summed E-state index contributed by atoms with van der Waals surface area (Å²) in [6.07, 6.45) is 20.9.